The van der Waals surface area contributed by atoms with Crippen molar-refractivity contribution in [3.05, 3.63) is 53.0 Å². The molecule has 1 aromatic heterocycles. The van der Waals surface area contributed by atoms with Gasteiger partial charge < -0.3 is 0 Å². The van der Waals surface area contributed by atoms with Gasteiger partial charge in [0, 0.05) is 9.37 Å². The Morgan fingerprint density at radius 3 is 2.59 bits per heavy atom. The van der Waals surface area contributed by atoms with Crippen LogP contribution in [0, 0.1) is 0 Å². The van der Waals surface area contributed by atoms with Gasteiger partial charge in [-0.3, -0.25) is 0 Å². The Kier molecular flexibility index (Phi) is 3.18. The molecule has 0 bridgehead atoms. The fourth-order valence-electron chi connectivity index (χ4n) is 1.52. The molecule has 2 aromatic carbocycles. The monoisotopic (exact) mass is 321 g/mol. The Morgan fingerprint density at radius 2 is 1.76 bits per heavy atom. The van der Waals surface area contributed by atoms with E-state index in [9.17, 15) is 0 Å². The lowest BCUT2D eigenvalue weighted by molar-refractivity contribution is 1.29. The number of hydrogen-bond acceptors (Lipinski definition) is 3. The van der Waals surface area contributed by atoms with E-state index in [1.54, 1.807) is 23.1 Å². The summed E-state index contributed by atoms with van der Waals surface area (Å²) < 4.78 is 3.43. The normalized spacial score (nSPS) is 10.9. The standard InChI is InChI=1S/C13H8BrNS2/c14-9-5-1-3-7-11(9)16-13-15-10-6-2-4-8-12(10)17-13/h1-8H. The lowest BCUT2D eigenvalue weighted by Crippen LogP contribution is -1.73. The van der Waals surface area contributed by atoms with Crippen LogP contribution in [0.15, 0.2) is 62.2 Å². The maximum Gasteiger partial charge on any atom is 0.155 e. The van der Waals surface area contributed by atoms with Crippen molar-refractivity contribution >= 4 is 49.2 Å². The van der Waals surface area contributed by atoms with Crippen LogP contribution >= 0.6 is 39.0 Å². The summed E-state index contributed by atoms with van der Waals surface area (Å²) in [6.07, 6.45) is 0. The Morgan fingerprint density at radius 1 is 1.00 bits per heavy atom. The van der Waals surface area contributed by atoms with Crippen molar-refractivity contribution in [2.24, 2.45) is 0 Å². The van der Waals surface area contributed by atoms with Gasteiger partial charge in [-0.2, -0.15) is 0 Å². The van der Waals surface area contributed by atoms with E-state index < -0.39 is 0 Å². The third-order valence-electron chi connectivity index (χ3n) is 2.31. The van der Waals surface area contributed by atoms with E-state index in [-0.39, 0.29) is 0 Å². The van der Waals surface area contributed by atoms with E-state index in [1.165, 1.54) is 9.60 Å². The molecule has 0 spiro atoms. The molecule has 1 heterocycles. The van der Waals surface area contributed by atoms with Gasteiger partial charge in [0.2, 0.25) is 0 Å². The molecule has 0 aliphatic heterocycles. The molecule has 3 aromatic rings. The van der Waals surface area contributed by atoms with Gasteiger partial charge in [0.05, 0.1) is 10.2 Å². The zero-order chi connectivity index (χ0) is 11.7. The van der Waals surface area contributed by atoms with Crippen LogP contribution in [0.2, 0.25) is 0 Å². The summed E-state index contributed by atoms with van der Waals surface area (Å²) in [5.41, 5.74) is 1.08. The molecule has 1 nitrogen and oxygen atoms in total. The smallest absolute Gasteiger partial charge is 0.155 e. The highest BCUT2D eigenvalue weighted by molar-refractivity contribution is 9.10. The number of fused-ring (bicyclic) bond motifs is 1. The molecule has 84 valence electrons. The van der Waals surface area contributed by atoms with Crippen molar-refractivity contribution in [3.63, 3.8) is 0 Å². The van der Waals surface area contributed by atoms with Gasteiger partial charge in [-0.1, -0.05) is 36.0 Å². The molecular formula is C13H8BrNS2. The number of thiazole rings is 1. The van der Waals surface area contributed by atoms with Gasteiger partial charge in [0.25, 0.3) is 0 Å². The van der Waals surface area contributed by atoms with Gasteiger partial charge in [-0.25, -0.2) is 4.98 Å². The second-order valence-electron chi connectivity index (χ2n) is 3.48. The summed E-state index contributed by atoms with van der Waals surface area (Å²) in [7, 11) is 0. The van der Waals surface area contributed by atoms with Crippen molar-refractivity contribution in [1.82, 2.24) is 4.98 Å². The van der Waals surface area contributed by atoms with E-state index in [1.807, 2.05) is 24.3 Å². The third-order valence-corrected chi connectivity index (χ3v) is 5.43. The third kappa shape index (κ3) is 2.39. The van der Waals surface area contributed by atoms with Crippen LogP contribution in [0.4, 0.5) is 0 Å². The highest BCUT2D eigenvalue weighted by atomic mass is 79.9. The number of benzene rings is 2. The quantitative estimate of drug-likeness (QED) is 0.642. The number of para-hydroxylation sites is 1. The van der Waals surface area contributed by atoms with E-state index in [2.05, 4.69) is 45.2 Å². The van der Waals surface area contributed by atoms with Gasteiger partial charge in [0.1, 0.15) is 0 Å². The van der Waals surface area contributed by atoms with Crippen LogP contribution < -0.4 is 0 Å². The van der Waals surface area contributed by atoms with Crippen LogP contribution in [0.3, 0.4) is 0 Å². The first-order valence-corrected chi connectivity index (χ1v) is 7.53. The molecule has 0 aliphatic rings. The number of nitrogens with zero attached hydrogens (tertiary/aromatic N) is 1. The summed E-state index contributed by atoms with van der Waals surface area (Å²) in [4.78, 5) is 5.81. The molecule has 0 aliphatic carbocycles. The predicted octanol–water partition coefficient (Wildman–Crippen LogP) is 5.21. The molecule has 0 saturated heterocycles. The van der Waals surface area contributed by atoms with Crippen LogP contribution in [0.1, 0.15) is 0 Å². The minimum Gasteiger partial charge on any atom is -0.229 e. The van der Waals surface area contributed by atoms with Crippen molar-refractivity contribution in [1.29, 1.82) is 0 Å². The van der Waals surface area contributed by atoms with Crippen LogP contribution in [-0.4, -0.2) is 4.98 Å². The Bertz CT molecular complexity index is 630. The topological polar surface area (TPSA) is 12.9 Å². The predicted molar refractivity (Wildman–Crippen MR) is 77.9 cm³/mol. The van der Waals surface area contributed by atoms with Gasteiger partial charge in [-0.15, -0.1) is 11.3 Å². The Labute approximate surface area is 116 Å². The number of hydrogen-bond donors (Lipinski definition) is 0. The zero-order valence-corrected chi connectivity index (χ0v) is 12.0. The van der Waals surface area contributed by atoms with Gasteiger partial charge in [-0.05, 0) is 40.2 Å². The highest BCUT2D eigenvalue weighted by Crippen LogP contribution is 2.37. The molecule has 3 rings (SSSR count). The number of rotatable bonds is 2. The van der Waals surface area contributed by atoms with E-state index >= 15 is 0 Å². The molecule has 0 radical (unpaired) electrons. The van der Waals surface area contributed by atoms with Crippen molar-refractivity contribution < 1.29 is 0 Å². The molecule has 0 atom stereocenters. The Hall–Kier alpha value is -0.840. The summed E-state index contributed by atoms with van der Waals surface area (Å²) in [5, 5.41) is 0. The fraction of sp³-hybridized carbons (Fsp3) is 0. The summed E-state index contributed by atoms with van der Waals surface area (Å²) >= 11 is 6.99. The van der Waals surface area contributed by atoms with Crippen molar-refractivity contribution in [3.8, 4) is 0 Å². The largest absolute Gasteiger partial charge is 0.229 e. The van der Waals surface area contributed by atoms with Gasteiger partial charge >= 0.3 is 0 Å². The summed E-state index contributed by atoms with van der Waals surface area (Å²) in [6.45, 7) is 0. The fourth-order valence-corrected chi connectivity index (χ4v) is 4.09. The summed E-state index contributed by atoms with van der Waals surface area (Å²) in [6, 6.07) is 16.4. The first-order valence-electron chi connectivity index (χ1n) is 5.11. The maximum absolute atomic E-state index is 4.61. The zero-order valence-electron chi connectivity index (χ0n) is 8.76. The minimum absolute atomic E-state index is 1.08. The first-order chi connectivity index (χ1) is 8.33. The number of halogens is 1. The van der Waals surface area contributed by atoms with Crippen molar-refractivity contribution in [2.45, 2.75) is 9.24 Å². The molecular weight excluding hydrogens is 314 g/mol. The average molecular weight is 322 g/mol. The molecule has 0 N–H and O–H groups in total. The lowest BCUT2D eigenvalue weighted by atomic mass is 10.3. The maximum atomic E-state index is 4.61. The molecule has 4 heteroatoms. The average Bonchev–Trinajstić information content (AvgIpc) is 2.74. The van der Waals surface area contributed by atoms with E-state index in [0.717, 1.165) is 14.3 Å². The van der Waals surface area contributed by atoms with Crippen LogP contribution in [0.5, 0.6) is 0 Å². The first kappa shape index (κ1) is 11.3. The summed E-state index contributed by atoms with van der Waals surface area (Å²) in [5.74, 6) is 0. The molecule has 0 fully saturated rings. The van der Waals surface area contributed by atoms with Crippen LogP contribution in [0.25, 0.3) is 10.2 Å². The Balaban J connectivity index is 1.98. The van der Waals surface area contributed by atoms with Crippen molar-refractivity contribution in [2.75, 3.05) is 0 Å². The van der Waals surface area contributed by atoms with Gasteiger partial charge in [0.15, 0.2) is 4.34 Å². The number of aromatic nitrogens is 1. The van der Waals surface area contributed by atoms with Crippen LogP contribution in [-0.2, 0) is 0 Å². The SMILES string of the molecule is Brc1ccccc1Sc1nc2ccccc2s1. The second kappa shape index (κ2) is 4.80. The van der Waals surface area contributed by atoms with E-state index in [4.69, 9.17) is 0 Å². The molecule has 0 saturated carbocycles. The lowest BCUT2D eigenvalue weighted by Gasteiger charge is -1.99. The minimum atomic E-state index is 1.08. The highest BCUT2D eigenvalue weighted by Gasteiger charge is 2.06. The second-order valence-corrected chi connectivity index (χ2v) is 6.65. The molecule has 0 amide bonds. The molecule has 17 heavy (non-hydrogen) atoms. The molecule has 0 unspecified atom stereocenters. The van der Waals surface area contributed by atoms with E-state index in [0.29, 0.717) is 0 Å².